The number of amides is 1. The van der Waals surface area contributed by atoms with Gasteiger partial charge < -0.3 is 10.4 Å². The molecule has 0 heterocycles. The lowest BCUT2D eigenvalue weighted by atomic mass is 9.96. The molecule has 108 valence electrons. The maximum absolute atomic E-state index is 12.2. The topological polar surface area (TPSA) is 92.5 Å². The van der Waals surface area contributed by atoms with Crippen LogP contribution >= 0.6 is 0 Å². The molecule has 1 fully saturated rings. The van der Waals surface area contributed by atoms with E-state index in [0.29, 0.717) is 5.56 Å². The van der Waals surface area contributed by atoms with Crippen molar-refractivity contribution in [2.24, 2.45) is 5.92 Å². The van der Waals surface area contributed by atoms with Crippen LogP contribution in [0.25, 0.3) is 0 Å². The average Bonchev–Trinajstić information content (AvgIpc) is 3.22. The predicted octanol–water partition coefficient (Wildman–Crippen LogP) is 1.79. The van der Waals surface area contributed by atoms with Crippen molar-refractivity contribution in [3.8, 4) is 0 Å². The van der Waals surface area contributed by atoms with Crippen LogP contribution < -0.4 is 5.32 Å². The number of carbonyl (C=O) groups is 1. The van der Waals surface area contributed by atoms with Crippen molar-refractivity contribution >= 4 is 11.6 Å². The molecule has 0 aromatic heterocycles. The summed E-state index contributed by atoms with van der Waals surface area (Å²) in [6.45, 7) is 3.36. The van der Waals surface area contributed by atoms with Gasteiger partial charge in [0.2, 0.25) is 0 Å². The first-order valence-corrected chi connectivity index (χ1v) is 6.55. The van der Waals surface area contributed by atoms with E-state index in [9.17, 15) is 20.0 Å². The summed E-state index contributed by atoms with van der Waals surface area (Å²) in [7, 11) is 0. The van der Waals surface area contributed by atoms with Gasteiger partial charge in [-0.3, -0.25) is 14.9 Å². The van der Waals surface area contributed by atoms with Crippen molar-refractivity contribution in [1.29, 1.82) is 0 Å². The van der Waals surface area contributed by atoms with E-state index in [0.717, 1.165) is 12.8 Å². The molecule has 0 bridgehead atoms. The number of rotatable bonds is 5. The SMILES string of the molecule is Cc1cc(C(=O)NC(C)(CO)C2CC2)cc([N+](=O)[O-])c1. The number of nitrogens with one attached hydrogen (secondary N) is 1. The number of aliphatic hydroxyl groups excluding tert-OH is 1. The van der Waals surface area contributed by atoms with Crippen LogP contribution in [-0.4, -0.2) is 28.1 Å². The zero-order valence-corrected chi connectivity index (χ0v) is 11.5. The van der Waals surface area contributed by atoms with Crippen LogP contribution in [0.5, 0.6) is 0 Å². The Labute approximate surface area is 117 Å². The van der Waals surface area contributed by atoms with Crippen LogP contribution in [0.2, 0.25) is 0 Å². The van der Waals surface area contributed by atoms with Crippen LogP contribution in [0, 0.1) is 23.0 Å². The standard InChI is InChI=1S/C14H18N2O4/c1-9-5-10(7-12(6-9)16(19)20)13(18)15-14(2,8-17)11-3-4-11/h5-7,11,17H,3-4,8H2,1-2H3,(H,15,18). The van der Waals surface area contributed by atoms with Gasteiger partial charge in [0.15, 0.2) is 0 Å². The second-order valence-corrected chi connectivity index (χ2v) is 5.62. The molecule has 1 aromatic carbocycles. The second-order valence-electron chi connectivity index (χ2n) is 5.62. The highest BCUT2D eigenvalue weighted by atomic mass is 16.6. The minimum Gasteiger partial charge on any atom is -0.394 e. The highest BCUT2D eigenvalue weighted by molar-refractivity contribution is 5.95. The van der Waals surface area contributed by atoms with Crippen LogP contribution in [0.15, 0.2) is 18.2 Å². The third-order valence-corrected chi connectivity index (χ3v) is 3.74. The van der Waals surface area contributed by atoms with Crippen molar-refractivity contribution in [3.05, 3.63) is 39.4 Å². The minimum absolute atomic E-state index is 0.104. The largest absolute Gasteiger partial charge is 0.394 e. The zero-order chi connectivity index (χ0) is 14.9. The van der Waals surface area contributed by atoms with Crippen LogP contribution in [0.1, 0.15) is 35.7 Å². The Balaban J connectivity index is 2.22. The van der Waals surface area contributed by atoms with Gasteiger partial charge in [-0.05, 0) is 44.2 Å². The molecule has 1 aliphatic carbocycles. The van der Waals surface area contributed by atoms with E-state index in [1.54, 1.807) is 19.9 Å². The van der Waals surface area contributed by atoms with Crippen molar-refractivity contribution in [2.75, 3.05) is 6.61 Å². The molecule has 20 heavy (non-hydrogen) atoms. The fraction of sp³-hybridized carbons (Fsp3) is 0.500. The maximum atomic E-state index is 12.2. The molecular formula is C14H18N2O4. The normalized spacial score (nSPS) is 17.4. The number of hydrogen-bond acceptors (Lipinski definition) is 4. The van der Waals surface area contributed by atoms with Crippen molar-refractivity contribution in [2.45, 2.75) is 32.2 Å². The van der Waals surface area contributed by atoms with Gasteiger partial charge in [-0.25, -0.2) is 0 Å². The van der Waals surface area contributed by atoms with Gasteiger partial charge in [-0.15, -0.1) is 0 Å². The van der Waals surface area contributed by atoms with E-state index in [4.69, 9.17) is 0 Å². The summed E-state index contributed by atoms with van der Waals surface area (Å²) in [4.78, 5) is 22.5. The van der Waals surface area contributed by atoms with Crippen molar-refractivity contribution < 1.29 is 14.8 Å². The van der Waals surface area contributed by atoms with Crippen LogP contribution in [0.3, 0.4) is 0 Å². The van der Waals surface area contributed by atoms with Gasteiger partial charge in [-0.2, -0.15) is 0 Å². The molecule has 2 rings (SSSR count). The van der Waals surface area contributed by atoms with E-state index in [-0.39, 0.29) is 29.7 Å². The molecule has 0 spiro atoms. The molecule has 1 aromatic rings. The summed E-state index contributed by atoms with van der Waals surface area (Å²) in [6, 6.07) is 4.28. The number of hydrogen-bond donors (Lipinski definition) is 2. The fourth-order valence-corrected chi connectivity index (χ4v) is 2.32. The van der Waals surface area contributed by atoms with Gasteiger partial charge in [0.1, 0.15) is 0 Å². The number of carbonyl (C=O) groups excluding carboxylic acids is 1. The fourth-order valence-electron chi connectivity index (χ4n) is 2.32. The average molecular weight is 278 g/mol. The molecule has 1 amide bonds. The summed E-state index contributed by atoms with van der Waals surface area (Å²) in [5.41, 5.74) is 0.140. The van der Waals surface area contributed by atoms with Gasteiger partial charge in [0.05, 0.1) is 17.1 Å². The summed E-state index contributed by atoms with van der Waals surface area (Å²) in [5.74, 6) is -0.114. The zero-order valence-electron chi connectivity index (χ0n) is 11.5. The number of non-ortho nitro benzene ring substituents is 1. The first-order chi connectivity index (χ1) is 9.35. The van der Waals surface area contributed by atoms with E-state index in [1.165, 1.54) is 12.1 Å². The Hall–Kier alpha value is -1.95. The number of nitro groups is 1. The molecule has 6 heteroatoms. The lowest BCUT2D eigenvalue weighted by Crippen LogP contribution is -2.50. The molecule has 1 saturated carbocycles. The quantitative estimate of drug-likeness (QED) is 0.634. The number of nitrogens with zero attached hydrogens (tertiary/aromatic N) is 1. The van der Waals surface area contributed by atoms with Gasteiger partial charge in [-0.1, -0.05) is 0 Å². The third-order valence-electron chi connectivity index (χ3n) is 3.74. The highest BCUT2D eigenvalue weighted by Crippen LogP contribution is 2.39. The van der Waals surface area contributed by atoms with Crippen LogP contribution in [-0.2, 0) is 0 Å². The van der Waals surface area contributed by atoms with E-state index >= 15 is 0 Å². The first kappa shape index (κ1) is 14.5. The summed E-state index contributed by atoms with van der Waals surface area (Å²) < 4.78 is 0. The lowest BCUT2D eigenvalue weighted by molar-refractivity contribution is -0.384. The van der Waals surface area contributed by atoms with E-state index in [2.05, 4.69) is 5.32 Å². The Morgan fingerprint density at radius 1 is 1.50 bits per heavy atom. The van der Waals surface area contributed by atoms with Crippen molar-refractivity contribution in [3.63, 3.8) is 0 Å². The van der Waals surface area contributed by atoms with E-state index in [1.807, 2.05) is 0 Å². The van der Waals surface area contributed by atoms with E-state index < -0.39 is 10.5 Å². The molecular weight excluding hydrogens is 260 g/mol. The van der Waals surface area contributed by atoms with Crippen molar-refractivity contribution in [1.82, 2.24) is 5.32 Å². The third kappa shape index (κ3) is 2.96. The molecule has 1 aliphatic rings. The highest BCUT2D eigenvalue weighted by Gasteiger charge is 2.42. The molecule has 1 unspecified atom stereocenters. The van der Waals surface area contributed by atoms with Gasteiger partial charge >= 0.3 is 0 Å². The summed E-state index contributed by atoms with van der Waals surface area (Å²) in [5, 5.41) is 23.1. The molecule has 2 N–H and O–H groups in total. The monoisotopic (exact) mass is 278 g/mol. The Bertz CT molecular complexity index is 554. The minimum atomic E-state index is -0.657. The Kier molecular flexibility index (Phi) is 3.76. The Morgan fingerprint density at radius 2 is 2.15 bits per heavy atom. The molecule has 0 saturated heterocycles. The van der Waals surface area contributed by atoms with Gasteiger partial charge in [0.25, 0.3) is 11.6 Å². The molecule has 0 aliphatic heterocycles. The second kappa shape index (κ2) is 5.20. The smallest absolute Gasteiger partial charge is 0.270 e. The number of aliphatic hydroxyl groups is 1. The van der Waals surface area contributed by atoms with Gasteiger partial charge in [0, 0.05) is 17.7 Å². The molecule has 0 radical (unpaired) electrons. The number of nitro benzene ring substituents is 1. The lowest BCUT2D eigenvalue weighted by Gasteiger charge is -2.28. The van der Waals surface area contributed by atoms with Crippen LogP contribution in [0.4, 0.5) is 5.69 Å². The Morgan fingerprint density at radius 3 is 2.65 bits per heavy atom. The number of benzene rings is 1. The predicted molar refractivity (Wildman–Crippen MR) is 73.5 cm³/mol. The summed E-state index contributed by atoms with van der Waals surface area (Å²) >= 11 is 0. The summed E-state index contributed by atoms with van der Waals surface area (Å²) in [6.07, 6.45) is 1.95. The first-order valence-electron chi connectivity index (χ1n) is 6.55. The molecule has 6 nitrogen and oxygen atoms in total. The molecule has 1 atom stereocenters. The number of aryl methyl sites for hydroxylation is 1. The maximum Gasteiger partial charge on any atom is 0.270 e.